The molecule has 6 nitrogen and oxygen atoms in total. The molecule has 1 atom stereocenters. The third-order valence-corrected chi connectivity index (χ3v) is 6.43. The lowest BCUT2D eigenvalue weighted by Crippen LogP contribution is -2.30. The van der Waals surface area contributed by atoms with E-state index in [0.717, 1.165) is 11.1 Å². The molecule has 0 aromatic heterocycles. The molecule has 31 heavy (non-hydrogen) atoms. The molecule has 0 heterocycles. The molecule has 2 N–H and O–H groups in total. The second-order valence-corrected chi connectivity index (χ2v) is 9.20. The fourth-order valence-electron chi connectivity index (χ4n) is 2.76. The van der Waals surface area contributed by atoms with E-state index in [0.29, 0.717) is 22.1 Å². The van der Waals surface area contributed by atoms with Crippen molar-refractivity contribution in [1.29, 1.82) is 0 Å². The van der Waals surface area contributed by atoms with Gasteiger partial charge in [0.1, 0.15) is 5.75 Å². The number of ether oxygens (including phenoxy) is 1. The van der Waals surface area contributed by atoms with Gasteiger partial charge in [0.15, 0.2) is 6.10 Å². The molecular weight excluding hydrogens is 436 g/mol. The van der Waals surface area contributed by atoms with Crippen molar-refractivity contribution >= 4 is 38.9 Å². The van der Waals surface area contributed by atoms with Crippen LogP contribution in [0, 0.1) is 13.8 Å². The largest absolute Gasteiger partial charge is 0.481 e. The van der Waals surface area contributed by atoms with Gasteiger partial charge in [-0.15, -0.1) is 0 Å². The van der Waals surface area contributed by atoms with Crippen molar-refractivity contribution in [3.63, 3.8) is 0 Å². The van der Waals surface area contributed by atoms with E-state index < -0.39 is 16.1 Å². The first-order valence-electron chi connectivity index (χ1n) is 9.58. The summed E-state index contributed by atoms with van der Waals surface area (Å²) in [6, 6.07) is 18.2. The van der Waals surface area contributed by atoms with E-state index in [-0.39, 0.29) is 10.8 Å². The molecule has 0 aliphatic carbocycles. The van der Waals surface area contributed by atoms with E-state index in [2.05, 4.69) is 10.0 Å². The first-order valence-corrected chi connectivity index (χ1v) is 11.4. The van der Waals surface area contributed by atoms with Crippen molar-refractivity contribution in [2.75, 3.05) is 10.0 Å². The summed E-state index contributed by atoms with van der Waals surface area (Å²) in [4.78, 5) is 12.5. The maximum atomic E-state index is 12.6. The van der Waals surface area contributed by atoms with Gasteiger partial charge in [0.2, 0.25) is 0 Å². The van der Waals surface area contributed by atoms with Crippen LogP contribution in [0.5, 0.6) is 5.75 Å². The van der Waals surface area contributed by atoms with Gasteiger partial charge in [0, 0.05) is 10.7 Å². The molecule has 0 saturated carbocycles. The van der Waals surface area contributed by atoms with Crippen LogP contribution in [0.3, 0.4) is 0 Å². The van der Waals surface area contributed by atoms with E-state index in [4.69, 9.17) is 16.3 Å². The number of anilines is 2. The molecule has 0 radical (unpaired) electrons. The zero-order valence-electron chi connectivity index (χ0n) is 17.3. The van der Waals surface area contributed by atoms with E-state index in [1.807, 2.05) is 32.0 Å². The maximum absolute atomic E-state index is 12.6. The molecular formula is C23H23ClN2O4S. The van der Waals surface area contributed by atoms with Gasteiger partial charge < -0.3 is 10.1 Å². The summed E-state index contributed by atoms with van der Waals surface area (Å²) in [5, 5.41) is 3.20. The Labute approximate surface area is 187 Å². The van der Waals surface area contributed by atoms with Crippen molar-refractivity contribution < 1.29 is 17.9 Å². The van der Waals surface area contributed by atoms with E-state index >= 15 is 0 Å². The van der Waals surface area contributed by atoms with Crippen molar-refractivity contribution in [2.24, 2.45) is 0 Å². The summed E-state index contributed by atoms with van der Waals surface area (Å²) in [5.74, 6) is 0.292. The Kier molecular flexibility index (Phi) is 6.87. The number of rotatable bonds is 7. The van der Waals surface area contributed by atoms with Crippen molar-refractivity contribution in [2.45, 2.75) is 31.8 Å². The number of hydrogen-bond donors (Lipinski definition) is 2. The highest BCUT2D eigenvalue weighted by Crippen LogP contribution is 2.23. The van der Waals surface area contributed by atoms with E-state index in [1.54, 1.807) is 31.2 Å². The first kappa shape index (κ1) is 22.7. The van der Waals surface area contributed by atoms with Crippen LogP contribution in [0.1, 0.15) is 18.1 Å². The minimum absolute atomic E-state index is 0.0615. The Morgan fingerprint density at radius 1 is 0.935 bits per heavy atom. The molecule has 0 unspecified atom stereocenters. The quantitative estimate of drug-likeness (QED) is 0.512. The van der Waals surface area contributed by atoms with E-state index in [1.165, 1.54) is 24.3 Å². The molecule has 3 aromatic rings. The van der Waals surface area contributed by atoms with Crippen LogP contribution in [0.25, 0.3) is 0 Å². The van der Waals surface area contributed by atoms with Crippen LogP contribution in [-0.4, -0.2) is 20.4 Å². The van der Waals surface area contributed by atoms with Gasteiger partial charge in [-0.25, -0.2) is 8.42 Å². The topological polar surface area (TPSA) is 84.5 Å². The lowest BCUT2D eigenvalue weighted by atomic mass is 10.2. The highest BCUT2D eigenvalue weighted by Gasteiger charge is 2.18. The Balaban J connectivity index is 1.65. The first-order chi connectivity index (χ1) is 14.7. The number of aryl methyl sites for hydroxylation is 2. The number of carbonyl (C=O) groups is 1. The lowest BCUT2D eigenvalue weighted by molar-refractivity contribution is -0.122. The Bertz CT molecular complexity index is 1190. The highest BCUT2D eigenvalue weighted by molar-refractivity contribution is 7.92. The fourth-order valence-corrected chi connectivity index (χ4v) is 3.99. The van der Waals surface area contributed by atoms with Crippen molar-refractivity contribution in [1.82, 2.24) is 0 Å². The minimum atomic E-state index is -3.80. The second kappa shape index (κ2) is 9.41. The van der Waals surface area contributed by atoms with Gasteiger partial charge in [-0.2, -0.15) is 0 Å². The molecule has 0 saturated heterocycles. The monoisotopic (exact) mass is 458 g/mol. The van der Waals surface area contributed by atoms with E-state index in [9.17, 15) is 13.2 Å². The van der Waals surface area contributed by atoms with Crippen LogP contribution in [0.15, 0.2) is 71.6 Å². The van der Waals surface area contributed by atoms with Gasteiger partial charge in [-0.3, -0.25) is 9.52 Å². The molecule has 0 fully saturated rings. The van der Waals surface area contributed by atoms with Gasteiger partial charge >= 0.3 is 0 Å². The van der Waals surface area contributed by atoms with Crippen LogP contribution in [-0.2, 0) is 14.8 Å². The summed E-state index contributed by atoms with van der Waals surface area (Å²) in [6.07, 6.45) is -0.725. The Morgan fingerprint density at radius 2 is 1.58 bits per heavy atom. The van der Waals surface area contributed by atoms with Crippen molar-refractivity contribution in [3.8, 4) is 5.75 Å². The third-order valence-electron chi connectivity index (χ3n) is 4.62. The molecule has 8 heteroatoms. The molecule has 0 bridgehead atoms. The summed E-state index contributed by atoms with van der Waals surface area (Å²) in [7, 11) is -3.80. The molecule has 162 valence electrons. The fraction of sp³-hybridized carbons (Fsp3) is 0.174. The van der Waals surface area contributed by atoms with Crippen LogP contribution < -0.4 is 14.8 Å². The van der Waals surface area contributed by atoms with Crippen LogP contribution in [0.4, 0.5) is 11.4 Å². The number of sulfonamides is 1. The number of carbonyl (C=O) groups excluding carboxylic acids is 1. The molecule has 3 aromatic carbocycles. The zero-order chi connectivity index (χ0) is 22.6. The third kappa shape index (κ3) is 5.77. The predicted octanol–water partition coefficient (Wildman–Crippen LogP) is 5.16. The minimum Gasteiger partial charge on any atom is -0.481 e. The zero-order valence-corrected chi connectivity index (χ0v) is 18.9. The average molecular weight is 459 g/mol. The SMILES string of the molecule is Cc1ccc(NS(=O)(=O)c2ccc(NC(=O)[C@H](C)Oc3ccccc3C)cc2)cc1Cl. The molecule has 0 spiro atoms. The molecule has 1 amide bonds. The Morgan fingerprint density at radius 3 is 2.23 bits per heavy atom. The molecule has 3 rings (SSSR count). The second-order valence-electron chi connectivity index (χ2n) is 7.11. The lowest BCUT2D eigenvalue weighted by Gasteiger charge is -2.16. The van der Waals surface area contributed by atoms with Crippen LogP contribution >= 0.6 is 11.6 Å². The summed E-state index contributed by atoms with van der Waals surface area (Å²) in [5.41, 5.74) is 2.61. The average Bonchev–Trinajstić information content (AvgIpc) is 2.72. The summed E-state index contributed by atoms with van der Waals surface area (Å²) in [6.45, 7) is 5.38. The van der Waals surface area contributed by atoms with Crippen molar-refractivity contribution in [3.05, 3.63) is 82.9 Å². The number of hydrogen-bond acceptors (Lipinski definition) is 4. The predicted molar refractivity (Wildman–Crippen MR) is 123 cm³/mol. The van der Waals surface area contributed by atoms with Gasteiger partial charge in [0.05, 0.1) is 10.6 Å². The number of nitrogens with one attached hydrogen (secondary N) is 2. The number of para-hydroxylation sites is 1. The summed E-state index contributed by atoms with van der Waals surface area (Å²) < 4.78 is 33.4. The number of amides is 1. The molecule has 0 aliphatic rings. The smallest absolute Gasteiger partial charge is 0.265 e. The van der Waals surface area contributed by atoms with Gasteiger partial charge in [-0.1, -0.05) is 35.9 Å². The van der Waals surface area contributed by atoms with Gasteiger partial charge in [-0.05, 0) is 74.4 Å². The maximum Gasteiger partial charge on any atom is 0.265 e. The number of halogens is 1. The highest BCUT2D eigenvalue weighted by atomic mass is 35.5. The van der Waals surface area contributed by atoms with Gasteiger partial charge in [0.25, 0.3) is 15.9 Å². The number of benzene rings is 3. The molecule has 0 aliphatic heterocycles. The van der Waals surface area contributed by atoms with Crippen LogP contribution in [0.2, 0.25) is 5.02 Å². The summed E-state index contributed by atoms with van der Waals surface area (Å²) >= 11 is 6.06. The Hall–Kier alpha value is -3.03. The standard InChI is InChI=1S/C23H23ClN2O4S/c1-15-8-9-19(14-21(15)24)26-31(28,29)20-12-10-18(11-13-20)25-23(27)17(3)30-22-7-5-4-6-16(22)2/h4-14,17,26H,1-3H3,(H,25,27)/t17-/m0/s1. The normalized spacial score (nSPS) is 12.1.